The number of rotatable bonds is 3. The number of hydrogen-bond donors (Lipinski definition) is 0. The molecule has 0 radical (unpaired) electrons. The Hall–Kier alpha value is -1.96. The van der Waals surface area contributed by atoms with Crippen LogP contribution in [0.4, 0.5) is 17.6 Å². The van der Waals surface area contributed by atoms with Gasteiger partial charge < -0.3 is 4.74 Å². The van der Waals surface area contributed by atoms with Gasteiger partial charge in [0, 0.05) is 11.8 Å². The van der Waals surface area contributed by atoms with E-state index in [0.29, 0.717) is 11.4 Å². The molecule has 2 rings (SSSR count). The molecule has 9 heteroatoms. The average molecular weight is 336 g/mol. The molecule has 0 unspecified atom stereocenters. The fourth-order valence-corrected chi connectivity index (χ4v) is 1.79. The molecular formula is C13H10ClF4N3O. The van der Waals surface area contributed by atoms with Gasteiger partial charge in [0.1, 0.15) is 5.15 Å². The fourth-order valence-electron chi connectivity index (χ4n) is 1.61. The van der Waals surface area contributed by atoms with Gasteiger partial charge in [0.05, 0.1) is 17.6 Å². The molecule has 0 N–H and O–H groups in total. The molecule has 0 aliphatic rings. The Kier molecular flexibility index (Phi) is 4.50. The number of ether oxygens (including phenoxy) is 1. The van der Waals surface area contributed by atoms with Gasteiger partial charge in [-0.2, -0.15) is 13.2 Å². The Balaban J connectivity index is 2.30. The van der Waals surface area contributed by atoms with Crippen molar-refractivity contribution in [1.82, 2.24) is 15.0 Å². The van der Waals surface area contributed by atoms with Gasteiger partial charge in [-0.1, -0.05) is 11.6 Å². The molecular weight excluding hydrogens is 326 g/mol. The topological polar surface area (TPSA) is 47.9 Å². The first-order chi connectivity index (χ1) is 10.2. The Bertz CT molecular complexity index is 693. The standard InChI is InChI=1S/C13H10ClF4N3O/c1-6-11(19-5-10(14)21-6)8-3-9(15)12(20-4-8)22-7(2)13(16,17)18/h3-5,7H,1-2H3/t7-/m0/s1. The van der Waals surface area contributed by atoms with Crippen LogP contribution in [0.15, 0.2) is 18.5 Å². The largest absolute Gasteiger partial charge is 0.463 e. The van der Waals surface area contributed by atoms with E-state index < -0.39 is 24.0 Å². The molecule has 0 fully saturated rings. The second kappa shape index (κ2) is 6.04. The number of aryl methyl sites for hydroxylation is 1. The average Bonchev–Trinajstić information content (AvgIpc) is 2.40. The predicted octanol–water partition coefficient (Wildman–Crippen LogP) is 3.97. The van der Waals surface area contributed by atoms with Crippen LogP contribution in [0.2, 0.25) is 5.15 Å². The molecule has 0 bridgehead atoms. The van der Waals surface area contributed by atoms with E-state index in [2.05, 4.69) is 19.7 Å². The first-order valence-electron chi connectivity index (χ1n) is 6.07. The van der Waals surface area contributed by atoms with Crippen LogP contribution in [0.3, 0.4) is 0 Å². The van der Waals surface area contributed by atoms with E-state index >= 15 is 0 Å². The Morgan fingerprint density at radius 2 is 1.91 bits per heavy atom. The van der Waals surface area contributed by atoms with Gasteiger partial charge in [0.2, 0.25) is 0 Å². The van der Waals surface area contributed by atoms with Gasteiger partial charge in [-0.05, 0) is 19.9 Å². The van der Waals surface area contributed by atoms with Crippen LogP contribution < -0.4 is 4.74 Å². The van der Waals surface area contributed by atoms with Crippen LogP contribution in [0, 0.1) is 12.7 Å². The highest BCUT2D eigenvalue weighted by Gasteiger charge is 2.38. The van der Waals surface area contributed by atoms with Crippen molar-refractivity contribution in [3.05, 3.63) is 35.1 Å². The lowest BCUT2D eigenvalue weighted by Gasteiger charge is -2.17. The number of alkyl halides is 3. The van der Waals surface area contributed by atoms with Crippen LogP contribution in [0.25, 0.3) is 11.3 Å². The molecule has 0 saturated heterocycles. The quantitative estimate of drug-likeness (QED) is 0.796. The first-order valence-corrected chi connectivity index (χ1v) is 6.44. The Morgan fingerprint density at radius 1 is 1.23 bits per heavy atom. The number of nitrogens with zero attached hydrogens (tertiary/aromatic N) is 3. The highest BCUT2D eigenvalue weighted by molar-refractivity contribution is 6.29. The molecule has 4 nitrogen and oxygen atoms in total. The minimum absolute atomic E-state index is 0.175. The molecule has 0 spiro atoms. The van der Waals surface area contributed by atoms with Gasteiger partial charge >= 0.3 is 6.18 Å². The third-order valence-electron chi connectivity index (χ3n) is 2.75. The lowest BCUT2D eigenvalue weighted by atomic mass is 10.1. The minimum Gasteiger partial charge on any atom is -0.463 e. The van der Waals surface area contributed by atoms with Crippen LogP contribution in [-0.2, 0) is 0 Å². The molecule has 2 heterocycles. The molecule has 0 amide bonds. The maximum atomic E-state index is 13.9. The van der Waals surface area contributed by atoms with Crippen molar-refractivity contribution in [2.45, 2.75) is 26.1 Å². The van der Waals surface area contributed by atoms with Crippen LogP contribution in [-0.4, -0.2) is 27.2 Å². The second-order valence-corrected chi connectivity index (χ2v) is 4.83. The maximum Gasteiger partial charge on any atom is 0.425 e. The summed E-state index contributed by atoms with van der Waals surface area (Å²) in [5.74, 6) is -1.75. The summed E-state index contributed by atoms with van der Waals surface area (Å²) in [6, 6.07) is 0.982. The number of halogens is 5. The van der Waals surface area contributed by atoms with Crippen molar-refractivity contribution in [2.24, 2.45) is 0 Å². The van der Waals surface area contributed by atoms with E-state index in [1.165, 1.54) is 6.20 Å². The highest BCUT2D eigenvalue weighted by atomic mass is 35.5. The summed E-state index contributed by atoms with van der Waals surface area (Å²) in [6.45, 7) is 2.38. The second-order valence-electron chi connectivity index (χ2n) is 4.44. The summed E-state index contributed by atoms with van der Waals surface area (Å²) in [6.07, 6.45) is -4.34. The molecule has 0 aliphatic heterocycles. The molecule has 22 heavy (non-hydrogen) atoms. The third-order valence-corrected chi connectivity index (χ3v) is 2.93. The zero-order chi connectivity index (χ0) is 16.5. The van der Waals surface area contributed by atoms with Gasteiger partial charge in [-0.3, -0.25) is 4.98 Å². The third kappa shape index (κ3) is 3.62. The lowest BCUT2D eigenvalue weighted by molar-refractivity contribution is -0.190. The van der Waals surface area contributed by atoms with Gasteiger partial charge in [-0.15, -0.1) is 0 Å². The van der Waals surface area contributed by atoms with Crippen LogP contribution in [0.5, 0.6) is 5.88 Å². The van der Waals surface area contributed by atoms with Crippen molar-refractivity contribution in [1.29, 1.82) is 0 Å². The summed E-state index contributed by atoms with van der Waals surface area (Å²) in [7, 11) is 0. The normalized spacial score (nSPS) is 13.0. The number of hydrogen-bond acceptors (Lipinski definition) is 4. The van der Waals surface area contributed by atoms with Crippen molar-refractivity contribution in [3.8, 4) is 17.1 Å². The predicted molar refractivity (Wildman–Crippen MR) is 71.1 cm³/mol. The van der Waals surface area contributed by atoms with Gasteiger partial charge in [-0.25, -0.2) is 14.4 Å². The number of aromatic nitrogens is 3. The zero-order valence-electron chi connectivity index (χ0n) is 11.4. The Morgan fingerprint density at radius 3 is 2.45 bits per heavy atom. The Labute approximate surface area is 128 Å². The van der Waals surface area contributed by atoms with Crippen molar-refractivity contribution in [3.63, 3.8) is 0 Å². The molecule has 2 aromatic heterocycles. The van der Waals surface area contributed by atoms with E-state index in [1.54, 1.807) is 6.92 Å². The molecule has 2 aromatic rings. The van der Waals surface area contributed by atoms with Crippen molar-refractivity contribution in [2.75, 3.05) is 0 Å². The monoisotopic (exact) mass is 335 g/mol. The van der Waals surface area contributed by atoms with E-state index in [9.17, 15) is 17.6 Å². The summed E-state index contributed by atoms with van der Waals surface area (Å²) < 4.78 is 55.5. The van der Waals surface area contributed by atoms with E-state index in [-0.39, 0.29) is 10.7 Å². The minimum atomic E-state index is -4.61. The van der Waals surface area contributed by atoms with E-state index in [4.69, 9.17) is 11.6 Å². The van der Waals surface area contributed by atoms with E-state index in [1.807, 2.05) is 0 Å². The summed E-state index contributed by atoms with van der Waals surface area (Å²) >= 11 is 5.67. The van der Waals surface area contributed by atoms with Crippen molar-refractivity contribution < 1.29 is 22.3 Å². The first kappa shape index (κ1) is 16.4. The molecule has 1 atom stereocenters. The summed E-state index contributed by atoms with van der Waals surface area (Å²) in [5.41, 5.74) is 1.02. The summed E-state index contributed by atoms with van der Waals surface area (Å²) in [5, 5.41) is 0.175. The van der Waals surface area contributed by atoms with Gasteiger partial charge in [0.15, 0.2) is 11.9 Å². The smallest absolute Gasteiger partial charge is 0.425 e. The SMILES string of the molecule is Cc1nc(Cl)cnc1-c1cnc(O[C@@H](C)C(F)(F)F)c(F)c1. The van der Waals surface area contributed by atoms with Crippen LogP contribution in [0.1, 0.15) is 12.6 Å². The van der Waals surface area contributed by atoms with Crippen molar-refractivity contribution >= 4 is 11.6 Å². The summed E-state index contributed by atoms with van der Waals surface area (Å²) in [4.78, 5) is 11.5. The fraction of sp³-hybridized carbons (Fsp3) is 0.308. The zero-order valence-corrected chi connectivity index (χ0v) is 12.2. The highest BCUT2D eigenvalue weighted by Crippen LogP contribution is 2.28. The maximum absolute atomic E-state index is 13.9. The lowest BCUT2D eigenvalue weighted by Crippen LogP contribution is -2.31. The van der Waals surface area contributed by atoms with Gasteiger partial charge in [0.25, 0.3) is 5.88 Å². The van der Waals surface area contributed by atoms with Crippen LogP contribution >= 0.6 is 11.6 Å². The molecule has 0 aliphatic carbocycles. The molecule has 0 aromatic carbocycles. The molecule has 118 valence electrons. The number of pyridine rings is 1. The van der Waals surface area contributed by atoms with E-state index in [0.717, 1.165) is 19.2 Å². The molecule has 0 saturated carbocycles.